The van der Waals surface area contributed by atoms with Crippen molar-refractivity contribution in [2.24, 2.45) is 46.3 Å². The zero-order chi connectivity index (χ0) is 43.3. The third-order valence-electron chi connectivity index (χ3n) is 17.0. The predicted molar refractivity (Wildman–Crippen MR) is 253 cm³/mol. The molecule has 0 radical (unpaired) electrons. The molecule has 5 N–H and O–H groups in total. The smallest absolute Gasteiger partial charge is 0.0849 e. The Kier molecular flexibility index (Phi) is 18.0. The average molecular weight is 833 g/mol. The fraction of sp³-hybridized carbons (Fsp3) is 0.782. The van der Waals surface area contributed by atoms with Gasteiger partial charge in [0.2, 0.25) is 0 Å². The molecule has 342 valence electrons. The second kappa shape index (κ2) is 21.3. The lowest BCUT2D eigenvalue weighted by molar-refractivity contribution is -0.0554. The van der Waals surface area contributed by atoms with E-state index < -0.39 is 17.3 Å². The van der Waals surface area contributed by atoms with Gasteiger partial charge in [-0.3, -0.25) is 0 Å². The van der Waals surface area contributed by atoms with Gasteiger partial charge in [-0.05, 0) is 207 Å². The van der Waals surface area contributed by atoms with Gasteiger partial charge in [-0.15, -0.1) is 0 Å². The standard InChI is InChI=1S/C27H44O3.C27H44O2.CH4/c1-18-8-12-22(28)17-21(18)11-10-20-7-6-16-27(5)23(13-14-24(20)27)19(2)9-15-25(29)26(3,4)30;1-19-10-13-23(28)18-22(19)12-11-21-9-7-17-27(5)24(14-15-25(21)27)20(2)8-6-16-26(3,4)29;/h10-11,19,22-25,28-30H,1,6-9,12-17H2,2-5H3;11-12,20,23-25,28-29H,1,6-10,13-18H2,2-5H3;1H4/b20-10+,21-11+;21-11+,22-12+;/t19-,22+,23-,24+,25-,27-;20-,23+,24-,25+,27-;/m11./s1. The van der Waals surface area contributed by atoms with Gasteiger partial charge < -0.3 is 25.5 Å². The molecule has 6 saturated carbocycles. The quantitative estimate of drug-likeness (QED) is 0.135. The van der Waals surface area contributed by atoms with E-state index in [0.717, 1.165) is 75.5 Å². The Balaban J connectivity index is 0.000000260. The van der Waals surface area contributed by atoms with Crippen LogP contribution in [0.25, 0.3) is 0 Å². The highest BCUT2D eigenvalue weighted by atomic mass is 16.3. The van der Waals surface area contributed by atoms with Gasteiger partial charge in [-0.1, -0.05) is 108 Å². The molecular weight excluding hydrogens is 741 g/mol. The van der Waals surface area contributed by atoms with Crippen molar-refractivity contribution < 1.29 is 25.5 Å². The number of aliphatic hydroxyl groups excluding tert-OH is 3. The number of hydrogen-bond donors (Lipinski definition) is 5. The molecule has 0 aromatic rings. The van der Waals surface area contributed by atoms with Crippen molar-refractivity contribution in [1.29, 1.82) is 0 Å². The summed E-state index contributed by atoms with van der Waals surface area (Å²) in [6.07, 6.45) is 31.0. The SMILES string of the molecule is C.C=C1CC[C@H](O)C/C1=C\C=C1/CCC[C@]2(C)[C@@H]([C@H](C)CCCC(C)(C)O)CC[C@@H]12.C=C1CC[C@H](O)C/C1=C\C=C1/CCC[C@]2(C)[C@@H]([C@H](C)CC[C@@H](O)C(C)(C)O)CC[C@@H]12. The van der Waals surface area contributed by atoms with E-state index in [2.05, 4.69) is 65.2 Å². The average Bonchev–Trinajstić information content (AvgIpc) is 3.71. The number of allylic oxidation sites excluding steroid dienone is 8. The molecule has 60 heavy (non-hydrogen) atoms. The third-order valence-corrected chi connectivity index (χ3v) is 17.0. The highest BCUT2D eigenvalue weighted by molar-refractivity contribution is 5.37. The maximum Gasteiger partial charge on any atom is 0.0849 e. The second-order valence-corrected chi connectivity index (χ2v) is 22.5. The minimum Gasteiger partial charge on any atom is -0.393 e. The molecule has 11 atom stereocenters. The summed E-state index contributed by atoms with van der Waals surface area (Å²) in [7, 11) is 0. The maximum absolute atomic E-state index is 10.3. The van der Waals surface area contributed by atoms with Crippen LogP contribution in [0.4, 0.5) is 0 Å². The molecule has 0 unspecified atom stereocenters. The first kappa shape index (κ1) is 50.9. The van der Waals surface area contributed by atoms with E-state index in [4.69, 9.17) is 0 Å². The summed E-state index contributed by atoms with van der Waals surface area (Å²) in [6.45, 7) is 25.6. The van der Waals surface area contributed by atoms with Crippen LogP contribution in [-0.4, -0.2) is 55.0 Å². The van der Waals surface area contributed by atoms with Gasteiger partial charge in [-0.2, -0.15) is 0 Å². The van der Waals surface area contributed by atoms with E-state index in [1.54, 1.807) is 25.0 Å². The van der Waals surface area contributed by atoms with E-state index >= 15 is 0 Å². The van der Waals surface area contributed by atoms with Crippen LogP contribution in [0.5, 0.6) is 0 Å². The molecule has 5 nitrogen and oxygen atoms in total. The first-order valence-electron chi connectivity index (χ1n) is 24.3. The molecule has 0 spiro atoms. The monoisotopic (exact) mass is 833 g/mol. The van der Waals surface area contributed by atoms with Gasteiger partial charge in [0.05, 0.1) is 29.5 Å². The normalized spacial score (nSPS) is 36.7. The van der Waals surface area contributed by atoms with Crippen molar-refractivity contribution in [2.75, 3.05) is 0 Å². The van der Waals surface area contributed by atoms with E-state index in [-0.39, 0.29) is 19.6 Å². The fourth-order valence-corrected chi connectivity index (χ4v) is 13.3. The number of aliphatic hydroxyl groups is 5. The van der Waals surface area contributed by atoms with Crippen LogP contribution in [0.15, 0.2) is 70.9 Å². The van der Waals surface area contributed by atoms with E-state index in [1.807, 2.05) is 13.8 Å². The summed E-state index contributed by atoms with van der Waals surface area (Å²) in [5, 5.41) is 50.4. The molecule has 0 aromatic heterocycles. The van der Waals surface area contributed by atoms with Crippen molar-refractivity contribution in [3.05, 3.63) is 70.9 Å². The lowest BCUT2D eigenvalue weighted by atomic mass is 9.60. The van der Waals surface area contributed by atoms with E-state index in [0.29, 0.717) is 35.0 Å². The van der Waals surface area contributed by atoms with Crippen molar-refractivity contribution in [1.82, 2.24) is 0 Å². The highest BCUT2D eigenvalue weighted by Gasteiger charge is 2.52. The van der Waals surface area contributed by atoms with Crippen LogP contribution in [-0.2, 0) is 0 Å². The third kappa shape index (κ3) is 12.7. The van der Waals surface area contributed by atoms with E-state index in [1.165, 1.54) is 92.9 Å². The summed E-state index contributed by atoms with van der Waals surface area (Å²) in [6, 6.07) is 0. The number of hydrogen-bond acceptors (Lipinski definition) is 5. The summed E-state index contributed by atoms with van der Waals surface area (Å²) < 4.78 is 0. The summed E-state index contributed by atoms with van der Waals surface area (Å²) >= 11 is 0. The molecule has 0 saturated heterocycles. The first-order chi connectivity index (χ1) is 27.6. The Hall–Kier alpha value is -1.76. The lowest BCUT2D eigenvalue weighted by Gasteiger charge is -2.44. The molecule has 6 fully saturated rings. The molecule has 0 bridgehead atoms. The Labute approximate surface area is 368 Å². The van der Waals surface area contributed by atoms with Crippen LogP contribution >= 0.6 is 0 Å². The van der Waals surface area contributed by atoms with Gasteiger partial charge in [0, 0.05) is 0 Å². The van der Waals surface area contributed by atoms with Gasteiger partial charge >= 0.3 is 0 Å². The van der Waals surface area contributed by atoms with Crippen molar-refractivity contribution >= 4 is 0 Å². The molecule has 0 heterocycles. The molecule has 6 aliphatic rings. The predicted octanol–water partition coefficient (Wildman–Crippen LogP) is 13.1. The zero-order valence-electron chi connectivity index (χ0n) is 39.0. The number of fused-ring (bicyclic) bond motifs is 2. The molecule has 0 amide bonds. The minimum atomic E-state index is -1.02. The van der Waals surface area contributed by atoms with Crippen molar-refractivity contribution in [3.63, 3.8) is 0 Å². The topological polar surface area (TPSA) is 101 Å². The highest BCUT2D eigenvalue weighted by Crippen LogP contribution is 2.61. The van der Waals surface area contributed by atoms with Gasteiger partial charge in [0.15, 0.2) is 0 Å². The molecule has 0 aliphatic heterocycles. The van der Waals surface area contributed by atoms with Crippen LogP contribution in [0.1, 0.15) is 198 Å². The Morgan fingerprint density at radius 2 is 1.08 bits per heavy atom. The summed E-state index contributed by atoms with van der Waals surface area (Å²) in [5.74, 6) is 4.14. The Bertz CT molecular complexity index is 1560. The van der Waals surface area contributed by atoms with Crippen LogP contribution in [0, 0.1) is 46.3 Å². The zero-order valence-corrected chi connectivity index (χ0v) is 39.0. The molecular formula is C55H92O5. The minimum absolute atomic E-state index is 0. The van der Waals surface area contributed by atoms with Gasteiger partial charge in [0.25, 0.3) is 0 Å². The van der Waals surface area contributed by atoms with Gasteiger partial charge in [-0.25, -0.2) is 0 Å². The Morgan fingerprint density at radius 1 is 0.650 bits per heavy atom. The number of rotatable bonds is 12. The van der Waals surface area contributed by atoms with Gasteiger partial charge in [0.1, 0.15) is 0 Å². The van der Waals surface area contributed by atoms with Crippen molar-refractivity contribution in [3.8, 4) is 0 Å². The van der Waals surface area contributed by atoms with Crippen LogP contribution < -0.4 is 0 Å². The molecule has 5 heteroatoms. The molecule has 6 rings (SSSR count). The summed E-state index contributed by atoms with van der Waals surface area (Å²) in [5.41, 5.74) is 7.36. The molecule has 0 aromatic carbocycles. The van der Waals surface area contributed by atoms with Crippen LogP contribution in [0.2, 0.25) is 0 Å². The molecule has 6 aliphatic carbocycles. The second-order valence-electron chi connectivity index (χ2n) is 22.5. The van der Waals surface area contributed by atoms with E-state index in [9.17, 15) is 25.5 Å². The van der Waals surface area contributed by atoms with Crippen molar-refractivity contribution in [2.45, 2.75) is 227 Å². The summed E-state index contributed by atoms with van der Waals surface area (Å²) in [4.78, 5) is 0. The Morgan fingerprint density at radius 3 is 1.50 bits per heavy atom. The largest absolute Gasteiger partial charge is 0.393 e. The van der Waals surface area contributed by atoms with Crippen LogP contribution in [0.3, 0.4) is 0 Å². The first-order valence-corrected chi connectivity index (χ1v) is 24.3. The lowest BCUT2D eigenvalue weighted by Crippen LogP contribution is -2.38. The maximum atomic E-state index is 10.3. The fourth-order valence-electron chi connectivity index (χ4n) is 13.3.